The number of carboxylic acid groups (broad SMARTS) is 1. The van der Waals surface area contributed by atoms with Crippen LogP contribution in [0.5, 0.6) is 0 Å². The molecule has 1 aromatic carbocycles. The molecule has 0 unspecified atom stereocenters. The van der Waals surface area contributed by atoms with Crippen LogP contribution in [0.15, 0.2) is 18.2 Å². The summed E-state index contributed by atoms with van der Waals surface area (Å²) in [6, 6.07) is 5.40. The van der Waals surface area contributed by atoms with E-state index in [2.05, 4.69) is 30.3 Å². The summed E-state index contributed by atoms with van der Waals surface area (Å²) in [5, 5.41) is 9.28. The van der Waals surface area contributed by atoms with Crippen molar-refractivity contribution < 1.29 is 9.90 Å². The molecule has 1 heterocycles. The quantitative estimate of drug-likeness (QED) is 0.780. The molecule has 0 saturated carbocycles. The predicted octanol–water partition coefficient (Wildman–Crippen LogP) is 4.12. The third kappa shape index (κ3) is 3.43. The Hall–Kier alpha value is -1.84. The molecule has 0 spiro atoms. The summed E-state index contributed by atoms with van der Waals surface area (Å²) in [7, 11) is 0. The lowest BCUT2D eigenvalue weighted by Gasteiger charge is -2.09. The van der Waals surface area contributed by atoms with Crippen LogP contribution in [0.4, 0.5) is 0 Å². The molecule has 0 aliphatic carbocycles. The maximum absolute atomic E-state index is 11.3. The topological polar surface area (TPSA) is 55.1 Å². The Morgan fingerprint density at radius 3 is 2.71 bits per heavy atom. The van der Waals surface area contributed by atoms with Crippen molar-refractivity contribution >= 4 is 17.0 Å². The zero-order valence-corrected chi connectivity index (χ0v) is 13.1. The van der Waals surface area contributed by atoms with E-state index in [1.54, 1.807) is 12.1 Å². The van der Waals surface area contributed by atoms with Gasteiger partial charge in [-0.3, -0.25) is 0 Å². The zero-order chi connectivity index (χ0) is 15.4. The fraction of sp³-hybridized carbons (Fsp3) is 0.529. The summed E-state index contributed by atoms with van der Waals surface area (Å²) >= 11 is 0. The number of hydrogen-bond acceptors (Lipinski definition) is 2. The maximum Gasteiger partial charge on any atom is 0.337 e. The van der Waals surface area contributed by atoms with Crippen molar-refractivity contribution in [1.29, 1.82) is 0 Å². The lowest BCUT2D eigenvalue weighted by Crippen LogP contribution is -2.03. The Kier molecular flexibility index (Phi) is 4.99. The van der Waals surface area contributed by atoms with Gasteiger partial charge in [0.15, 0.2) is 0 Å². The largest absolute Gasteiger partial charge is 0.478 e. The monoisotopic (exact) mass is 288 g/mol. The number of aryl methyl sites for hydroxylation is 2. The van der Waals surface area contributed by atoms with Gasteiger partial charge in [0.2, 0.25) is 0 Å². The van der Waals surface area contributed by atoms with Gasteiger partial charge in [-0.1, -0.05) is 39.7 Å². The highest BCUT2D eigenvalue weighted by atomic mass is 16.4. The van der Waals surface area contributed by atoms with Crippen LogP contribution in [0, 0.1) is 5.92 Å². The number of para-hydroxylation sites is 1. The fourth-order valence-electron chi connectivity index (χ4n) is 2.71. The number of carbonyl (C=O) groups is 1. The molecular formula is C17H24N2O2. The van der Waals surface area contributed by atoms with Crippen LogP contribution in [0.2, 0.25) is 0 Å². The number of nitrogens with zero attached hydrogens (tertiary/aromatic N) is 2. The number of imidazole rings is 1. The van der Waals surface area contributed by atoms with Crippen molar-refractivity contribution in [2.75, 3.05) is 0 Å². The number of unbranched alkanes of at least 4 members (excludes halogenated alkanes) is 1. The molecule has 0 bridgehead atoms. The maximum atomic E-state index is 11.3. The number of aromatic carboxylic acids is 1. The zero-order valence-electron chi connectivity index (χ0n) is 13.1. The van der Waals surface area contributed by atoms with Gasteiger partial charge in [0.25, 0.3) is 0 Å². The van der Waals surface area contributed by atoms with E-state index in [4.69, 9.17) is 0 Å². The minimum absolute atomic E-state index is 0.295. The van der Waals surface area contributed by atoms with Gasteiger partial charge in [0.1, 0.15) is 11.3 Å². The van der Waals surface area contributed by atoms with Gasteiger partial charge in [0.05, 0.1) is 11.1 Å². The van der Waals surface area contributed by atoms with E-state index in [-0.39, 0.29) is 0 Å². The molecule has 0 atom stereocenters. The first-order chi connectivity index (χ1) is 10.0. The molecule has 21 heavy (non-hydrogen) atoms. The lowest BCUT2D eigenvalue weighted by atomic mass is 10.1. The van der Waals surface area contributed by atoms with Crippen LogP contribution in [0.1, 0.15) is 56.2 Å². The van der Waals surface area contributed by atoms with Gasteiger partial charge in [-0.25, -0.2) is 9.78 Å². The first-order valence-electron chi connectivity index (χ1n) is 7.76. The second kappa shape index (κ2) is 6.74. The molecule has 0 radical (unpaired) electrons. The van der Waals surface area contributed by atoms with Crippen LogP contribution >= 0.6 is 0 Å². The third-order valence-corrected chi connectivity index (χ3v) is 3.82. The van der Waals surface area contributed by atoms with Crippen molar-refractivity contribution in [3.05, 3.63) is 29.6 Å². The van der Waals surface area contributed by atoms with E-state index in [1.165, 1.54) is 12.8 Å². The van der Waals surface area contributed by atoms with Gasteiger partial charge in [-0.15, -0.1) is 0 Å². The summed E-state index contributed by atoms with van der Waals surface area (Å²) in [5.41, 5.74) is 1.85. The Morgan fingerprint density at radius 1 is 1.33 bits per heavy atom. The number of carboxylic acids is 1. The van der Waals surface area contributed by atoms with E-state index in [0.29, 0.717) is 11.1 Å². The second-order valence-corrected chi connectivity index (χ2v) is 5.90. The average molecular weight is 288 g/mol. The summed E-state index contributed by atoms with van der Waals surface area (Å²) < 4.78 is 2.18. The molecule has 0 fully saturated rings. The minimum atomic E-state index is -0.910. The molecular weight excluding hydrogens is 264 g/mol. The summed E-state index contributed by atoms with van der Waals surface area (Å²) in [4.78, 5) is 15.9. The van der Waals surface area contributed by atoms with E-state index in [0.717, 1.165) is 36.6 Å². The molecule has 0 aliphatic heterocycles. The summed E-state index contributed by atoms with van der Waals surface area (Å²) in [6.07, 6.45) is 4.35. The minimum Gasteiger partial charge on any atom is -0.478 e. The Labute approximate surface area is 125 Å². The Balaban J connectivity index is 2.29. The SMILES string of the molecule is CCc1nc2c(C(=O)O)cccc2n1CCCCC(C)C. The third-order valence-electron chi connectivity index (χ3n) is 3.82. The fourth-order valence-corrected chi connectivity index (χ4v) is 2.71. The highest BCUT2D eigenvalue weighted by Gasteiger charge is 2.15. The molecule has 4 nitrogen and oxygen atoms in total. The van der Waals surface area contributed by atoms with Gasteiger partial charge in [-0.05, 0) is 24.5 Å². The standard InChI is InChI=1S/C17H24N2O2/c1-4-15-18-16-13(17(20)21)9-7-10-14(16)19(15)11-6-5-8-12(2)3/h7,9-10,12H,4-6,8,11H2,1-3H3,(H,20,21). The van der Waals surface area contributed by atoms with Gasteiger partial charge in [0, 0.05) is 13.0 Å². The molecule has 0 aliphatic rings. The summed E-state index contributed by atoms with van der Waals surface area (Å²) in [6.45, 7) is 7.45. The normalized spacial score (nSPS) is 11.4. The number of aromatic nitrogens is 2. The molecule has 1 aromatic heterocycles. The van der Waals surface area contributed by atoms with E-state index in [1.807, 2.05) is 6.07 Å². The predicted molar refractivity (Wildman–Crippen MR) is 84.8 cm³/mol. The van der Waals surface area contributed by atoms with Crippen molar-refractivity contribution in [1.82, 2.24) is 9.55 Å². The van der Waals surface area contributed by atoms with Gasteiger partial charge in [-0.2, -0.15) is 0 Å². The molecule has 4 heteroatoms. The first-order valence-corrected chi connectivity index (χ1v) is 7.76. The molecule has 114 valence electrons. The van der Waals surface area contributed by atoms with Crippen molar-refractivity contribution in [3.8, 4) is 0 Å². The Bertz CT molecular complexity index is 629. The van der Waals surface area contributed by atoms with Crippen LogP contribution < -0.4 is 0 Å². The average Bonchev–Trinajstić information content (AvgIpc) is 2.80. The van der Waals surface area contributed by atoms with E-state index >= 15 is 0 Å². The Morgan fingerprint density at radius 2 is 2.10 bits per heavy atom. The van der Waals surface area contributed by atoms with E-state index in [9.17, 15) is 9.90 Å². The molecule has 0 saturated heterocycles. The number of fused-ring (bicyclic) bond motifs is 1. The van der Waals surface area contributed by atoms with Crippen molar-refractivity contribution in [2.24, 2.45) is 5.92 Å². The highest BCUT2D eigenvalue weighted by molar-refractivity contribution is 6.01. The van der Waals surface area contributed by atoms with Crippen LogP contribution in [-0.4, -0.2) is 20.6 Å². The first kappa shape index (κ1) is 15.5. The molecule has 0 amide bonds. The molecule has 1 N–H and O–H groups in total. The number of benzene rings is 1. The van der Waals surface area contributed by atoms with Crippen LogP contribution in [0.25, 0.3) is 11.0 Å². The molecule has 2 aromatic rings. The second-order valence-electron chi connectivity index (χ2n) is 5.90. The lowest BCUT2D eigenvalue weighted by molar-refractivity contribution is 0.0699. The van der Waals surface area contributed by atoms with Crippen LogP contribution in [0.3, 0.4) is 0 Å². The number of rotatable bonds is 7. The van der Waals surface area contributed by atoms with Gasteiger partial charge < -0.3 is 9.67 Å². The number of hydrogen-bond donors (Lipinski definition) is 1. The van der Waals surface area contributed by atoms with E-state index < -0.39 is 5.97 Å². The van der Waals surface area contributed by atoms with Crippen LogP contribution in [-0.2, 0) is 13.0 Å². The smallest absolute Gasteiger partial charge is 0.337 e. The highest BCUT2D eigenvalue weighted by Crippen LogP contribution is 2.22. The van der Waals surface area contributed by atoms with Crippen molar-refractivity contribution in [2.45, 2.75) is 53.0 Å². The van der Waals surface area contributed by atoms with Crippen molar-refractivity contribution in [3.63, 3.8) is 0 Å². The summed E-state index contributed by atoms with van der Waals surface area (Å²) in [5.74, 6) is 0.796. The van der Waals surface area contributed by atoms with Gasteiger partial charge >= 0.3 is 5.97 Å². The molecule has 2 rings (SSSR count).